The normalized spacial score (nSPS) is 11.5. The molecule has 1 aromatic heterocycles. The monoisotopic (exact) mass is 443 g/mol. The molecular formula is C25H21N3O3S. The number of nitrogen functional groups attached to an aromatic ring is 1. The first-order valence-electron chi connectivity index (χ1n) is 9.86. The standard InChI is InChI=1S/C25H21N3O3S/c26-23-8-4-5-9-24(23)27-25(29)15-10-19-16-17-28(18-19)32(30,31)22-13-11-21(12-14-22)20-6-2-1-3-7-20/h1-18H,26H2,(H,27,29)/b15-10+. The number of amides is 1. The van der Waals surface area contributed by atoms with E-state index in [2.05, 4.69) is 5.32 Å². The minimum atomic E-state index is -3.74. The number of aromatic nitrogens is 1. The SMILES string of the molecule is Nc1ccccc1NC(=O)/C=C/c1ccn(S(=O)(=O)c2ccc(-c3ccccc3)cc2)c1. The molecule has 160 valence electrons. The summed E-state index contributed by atoms with van der Waals surface area (Å²) in [4.78, 5) is 12.3. The maximum Gasteiger partial charge on any atom is 0.267 e. The molecular weight excluding hydrogens is 422 g/mol. The maximum absolute atomic E-state index is 13.0. The van der Waals surface area contributed by atoms with Crippen molar-refractivity contribution in [1.29, 1.82) is 0 Å². The third kappa shape index (κ3) is 4.63. The van der Waals surface area contributed by atoms with E-state index in [-0.39, 0.29) is 10.8 Å². The molecule has 0 aliphatic carbocycles. The van der Waals surface area contributed by atoms with Crippen LogP contribution in [0, 0.1) is 0 Å². The zero-order chi connectivity index (χ0) is 22.6. The van der Waals surface area contributed by atoms with E-state index in [1.54, 1.807) is 60.7 Å². The van der Waals surface area contributed by atoms with Gasteiger partial charge in [0.2, 0.25) is 5.91 Å². The predicted octanol–water partition coefficient (Wildman–Crippen LogP) is 4.63. The van der Waals surface area contributed by atoms with E-state index in [0.29, 0.717) is 16.9 Å². The second kappa shape index (κ2) is 8.95. The van der Waals surface area contributed by atoms with Crippen LogP contribution in [-0.2, 0) is 14.8 Å². The Morgan fingerprint density at radius 2 is 1.50 bits per heavy atom. The van der Waals surface area contributed by atoms with Crippen LogP contribution in [0.4, 0.5) is 11.4 Å². The number of para-hydroxylation sites is 2. The van der Waals surface area contributed by atoms with Crippen LogP contribution in [0.15, 0.2) is 108 Å². The van der Waals surface area contributed by atoms with E-state index < -0.39 is 10.0 Å². The number of carbonyl (C=O) groups excluding carboxylic acids is 1. The van der Waals surface area contributed by atoms with Crippen molar-refractivity contribution in [2.45, 2.75) is 4.90 Å². The molecule has 0 fully saturated rings. The zero-order valence-electron chi connectivity index (χ0n) is 17.0. The molecule has 0 radical (unpaired) electrons. The van der Waals surface area contributed by atoms with E-state index >= 15 is 0 Å². The quantitative estimate of drug-likeness (QED) is 0.336. The lowest BCUT2D eigenvalue weighted by Crippen LogP contribution is -2.10. The first-order chi connectivity index (χ1) is 15.4. The lowest BCUT2D eigenvalue weighted by atomic mass is 10.1. The smallest absolute Gasteiger partial charge is 0.267 e. The fourth-order valence-electron chi connectivity index (χ4n) is 3.17. The molecule has 1 amide bonds. The van der Waals surface area contributed by atoms with Gasteiger partial charge < -0.3 is 11.1 Å². The van der Waals surface area contributed by atoms with Crippen LogP contribution >= 0.6 is 0 Å². The van der Waals surface area contributed by atoms with Gasteiger partial charge >= 0.3 is 0 Å². The second-order valence-electron chi connectivity index (χ2n) is 7.08. The summed E-state index contributed by atoms with van der Waals surface area (Å²) >= 11 is 0. The molecule has 32 heavy (non-hydrogen) atoms. The van der Waals surface area contributed by atoms with Gasteiger partial charge in [0.15, 0.2) is 0 Å². The number of carbonyl (C=O) groups is 1. The molecule has 0 unspecified atom stereocenters. The highest BCUT2D eigenvalue weighted by atomic mass is 32.2. The highest BCUT2D eigenvalue weighted by Crippen LogP contribution is 2.23. The largest absolute Gasteiger partial charge is 0.397 e. The van der Waals surface area contributed by atoms with Crippen LogP contribution in [0.2, 0.25) is 0 Å². The number of rotatable bonds is 6. The molecule has 3 N–H and O–H groups in total. The molecule has 4 aromatic rings. The maximum atomic E-state index is 13.0. The van der Waals surface area contributed by atoms with Crippen LogP contribution < -0.4 is 11.1 Å². The first kappa shape index (κ1) is 21.1. The van der Waals surface area contributed by atoms with Gasteiger partial charge in [-0.25, -0.2) is 12.4 Å². The average molecular weight is 444 g/mol. The molecule has 0 saturated carbocycles. The molecule has 0 aliphatic rings. The molecule has 0 aliphatic heterocycles. The molecule has 1 heterocycles. The summed E-state index contributed by atoms with van der Waals surface area (Å²) in [5.74, 6) is -0.366. The topological polar surface area (TPSA) is 94.2 Å². The number of benzene rings is 3. The number of hydrogen-bond donors (Lipinski definition) is 2. The molecule has 4 rings (SSSR count). The Balaban J connectivity index is 1.48. The molecule has 0 saturated heterocycles. The fourth-order valence-corrected chi connectivity index (χ4v) is 4.37. The van der Waals surface area contributed by atoms with Crippen LogP contribution in [0.3, 0.4) is 0 Å². The van der Waals surface area contributed by atoms with Gasteiger partial charge in [0.1, 0.15) is 0 Å². The Kier molecular flexibility index (Phi) is 5.91. The van der Waals surface area contributed by atoms with Gasteiger partial charge in [-0.1, -0.05) is 54.6 Å². The van der Waals surface area contributed by atoms with E-state index in [0.717, 1.165) is 15.1 Å². The summed E-state index contributed by atoms with van der Waals surface area (Å²) in [5.41, 5.74) is 9.32. The van der Waals surface area contributed by atoms with E-state index in [9.17, 15) is 13.2 Å². The number of nitrogens with two attached hydrogens (primary N) is 1. The fraction of sp³-hybridized carbons (Fsp3) is 0. The van der Waals surface area contributed by atoms with Crippen LogP contribution in [-0.4, -0.2) is 18.3 Å². The van der Waals surface area contributed by atoms with Gasteiger partial charge in [-0.15, -0.1) is 0 Å². The molecule has 0 atom stereocenters. The molecule has 6 nitrogen and oxygen atoms in total. The van der Waals surface area contributed by atoms with Gasteiger partial charge in [0.05, 0.1) is 16.3 Å². The third-order valence-corrected chi connectivity index (χ3v) is 6.52. The lowest BCUT2D eigenvalue weighted by Gasteiger charge is -2.07. The average Bonchev–Trinajstić information content (AvgIpc) is 3.30. The minimum Gasteiger partial charge on any atom is -0.397 e. The summed E-state index contributed by atoms with van der Waals surface area (Å²) in [6.07, 6.45) is 5.78. The van der Waals surface area contributed by atoms with Crippen LogP contribution in [0.1, 0.15) is 5.56 Å². The summed E-state index contributed by atoms with van der Waals surface area (Å²) in [7, 11) is -3.74. The molecule has 0 bridgehead atoms. The second-order valence-corrected chi connectivity index (χ2v) is 8.92. The first-order valence-corrected chi connectivity index (χ1v) is 11.3. The van der Waals surface area contributed by atoms with Crippen LogP contribution in [0.5, 0.6) is 0 Å². The summed E-state index contributed by atoms with van der Waals surface area (Å²) in [6, 6.07) is 25.0. The third-order valence-electron chi connectivity index (χ3n) is 4.87. The van der Waals surface area contributed by atoms with Crippen molar-refractivity contribution in [3.05, 3.63) is 109 Å². The molecule has 7 heteroatoms. The van der Waals surface area contributed by atoms with Crippen molar-refractivity contribution in [3.63, 3.8) is 0 Å². The van der Waals surface area contributed by atoms with E-state index in [1.165, 1.54) is 18.5 Å². The number of anilines is 2. The highest BCUT2D eigenvalue weighted by molar-refractivity contribution is 7.90. The van der Waals surface area contributed by atoms with Crippen molar-refractivity contribution < 1.29 is 13.2 Å². The number of nitrogens with one attached hydrogen (secondary N) is 1. The number of hydrogen-bond acceptors (Lipinski definition) is 4. The zero-order valence-corrected chi connectivity index (χ0v) is 17.9. The van der Waals surface area contributed by atoms with Crippen molar-refractivity contribution >= 4 is 33.4 Å². The van der Waals surface area contributed by atoms with Crippen molar-refractivity contribution in [3.8, 4) is 11.1 Å². The van der Waals surface area contributed by atoms with Gasteiger partial charge in [-0.05, 0) is 53.1 Å². The Bertz CT molecular complexity index is 1370. The van der Waals surface area contributed by atoms with Crippen molar-refractivity contribution in [1.82, 2.24) is 3.97 Å². The van der Waals surface area contributed by atoms with Crippen molar-refractivity contribution in [2.24, 2.45) is 0 Å². The summed E-state index contributed by atoms with van der Waals surface area (Å²) in [6.45, 7) is 0. The van der Waals surface area contributed by atoms with Crippen molar-refractivity contribution in [2.75, 3.05) is 11.1 Å². The van der Waals surface area contributed by atoms with Gasteiger partial charge in [-0.2, -0.15) is 0 Å². The van der Waals surface area contributed by atoms with Gasteiger partial charge in [0, 0.05) is 18.5 Å². The van der Waals surface area contributed by atoms with Crippen LogP contribution in [0.25, 0.3) is 17.2 Å². The Labute approximate surface area is 186 Å². The minimum absolute atomic E-state index is 0.181. The summed E-state index contributed by atoms with van der Waals surface area (Å²) < 4.78 is 27.1. The molecule has 0 spiro atoms. The van der Waals surface area contributed by atoms with E-state index in [1.807, 2.05) is 30.3 Å². The summed E-state index contributed by atoms with van der Waals surface area (Å²) in [5, 5.41) is 2.69. The highest BCUT2D eigenvalue weighted by Gasteiger charge is 2.16. The Morgan fingerprint density at radius 3 is 2.22 bits per heavy atom. The molecule has 3 aromatic carbocycles. The number of nitrogens with zero attached hydrogens (tertiary/aromatic N) is 1. The van der Waals surface area contributed by atoms with Gasteiger partial charge in [-0.3, -0.25) is 4.79 Å². The lowest BCUT2D eigenvalue weighted by molar-refractivity contribution is -0.111. The van der Waals surface area contributed by atoms with Gasteiger partial charge in [0.25, 0.3) is 10.0 Å². The predicted molar refractivity (Wildman–Crippen MR) is 127 cm³/mol. The Hall–Kier alpha value is -4.10. The van der Waals surface area contributed by atoms with E-state index in [4.69, 9.17) is 5.73 Å². The Morgan fingerprint density at radius 1 is 0.844 bits per heavy atom.